The van der Waals surface area contributed by atoms with Crippen molar-refractivity contribution in [1.82, 2.24) is 14.4 Å². The molecule has 1 fully saturated rings. The molecule has 0 radical (unpaired) electrons. The number of anilines is 2. The zero-order chi connectivity index (χ0) is 15.2. The molecule has 0 aliphatic heterocycles. The molecule has 2 N–H and O–H groups in total. The fourth-order valence-electron chi connectivity index (χ4n) is 2.79. The van der Waals surface area contributed by atoms with Crippen LogP contribution in [0.3, 0.4) is 0 Å². The number of halogens is 1. The third kappa shape index (κ3) is 2.28. The minimum Gasteiger partial charge on any atom is -0.385 e. The summed E-state index contributed by atoms with van der Waals surface area (Å²) >= 11 is 3.40. The number of rotatable bonds is 3. The molecule has 0 amide bonds. The van der Waals surface area contributed by atoms with E-state index in [1.54, 1.807) is 6.20 Å². The largest absolute Gasteiger partial charge is 0.385 e. The van der Waals surface area contributed by atoms with Gasteiger partial charge in [-0.1, -0.05) is 12.1 Å². The Morgan fingerprint density at radius 2 is 2.00 bits per heavy atom. The van der Waals surface area contributed by atoms with Crippen LogP contribution in [0.2, 0.25) is 0 Å². The summed E-state index contributed by atoms with van der Waals surface area (Å²) in [6.45, 7) is 0. The summed E-state index contributed by atoms with van der Waals surface area (Å²) in [6.07, 6.45) is 8.27. The number of aromatic nitrogens is 3. The van der Waals surface area contributed by atoms with Crippen molar-refractivity contribution < 1.29 is 5.11 Å². The molecule has 4 rings (SSSR count). The maximum Gasteiger partial charge on any atom is 0.180 e. The highest BCUT2D eigenvalue weighted by molar-refractivity contribution is 9.10. The lowest BCUT2D eigenvalue weighted by Gasteiger charge is -2.37. The Balaban J connectivity index is 1.63. The Hall–Kier alpha value is -1.92. The summed E-state index contributed by atoms with van der Waals surface area (Å²) in [5.41, 5.74) is 2.05. The van der Waals surface area contributed by atoms with E-state index in [0.717, 1.165) is 40.8 Å². The quantitative estimate of drug-likeness (QED) is 0.750. The van der Waals surface area contributed by atoms with Gasteiger partial charge in [-0.2, -0.15) is 0 Å². The number of benzene rings is 1. The summed E-state index contributed by atoms with van der Waals surface area (Å²) in [7, 11) is 0. The highest BCUT2D eigenvalue weighted by Crippen LogP contribution is 2.41. The normalized spacial score (nSPS) is 16.5. The molecular formula is C16H15BrN4O. The molecule has 112 valence electrons. The van der Waals surface area contributed by atoms with Gasteiger partial charge in [-0.15, -0.1) is 0 Å². The molecule has 2 aromatic heterocycles. The number of imidazole rings is 1. The van der Waals surface area contributed by atoms with Crippen LogP contribution in [-0.2, 0) is 5.60 Å². The van der Waals surface area contributed by atoms with Gasteiger partial charge in [-0.05, 0) is 52.9 Å². The minimum absolute atomic E-state index is 0.622. The smallest absolute Gasteiger partial charge is 0.180 e. The molecule has 2 heterocycles. The molecule has 6 heteroatoms. The van der Waals surface area contributed by atoms with E-state index in [-0.39, 0.29) is 0 Å². The lowest BCUT2D eigenvalue weighted by Crippen LogP contribution is -2.33. The SMILES string of the molecule is OC1(c2ccc(Nc3nc(Br)cn4ccnc34)cc2)CCC1. The fourth-order valence-corrected chi connectivity index (χ4v) is 3.18. The van der Waals surface area contributed by atoms with Gasteiger partial charge in [0.05, 0.1) is 5.60 Å². The van der Waals surface area contributed by atoms with Crippen LogP contribution in [0.1, 0.15) is 24.8 Å². The second kappa shape index (κ2) is 5.07. The average molecular weight is 359 g/mol. The number of nitrogens with zero attached hydrogens (tertiary/aromatic N) is 3. The predicted molar refractivity (Wildman–Crippen MR) is 88.2 cm³/mol. The number of fused-ring (bicyclic) bond motifs is 1. The van der Waals surface area contributed by atoms with Crippen LogP contribution in [0.5, 0.6) is 0 Å². The van der Waals surface area contributed by atoms with Crippen LogP contribution in [0, 0.1) is 0 Å². The van der Waals surface area contributed by atoms with Crippen molar-refractivity contribution >= 4 is 33.1 Å². The van der Waals surface area contributed by atoms with Crippen LogP contribution >= 0.6 is 15.9 Å². The molecule has 1 aromatic carbocycles. The zero-order valence-electron chi connectivity index (χ0n) is 11.8. The minimum atomic E-state index is -0.622. The van der Waals surface area contributed by atoms with Gasteiger partial charge in [0.1, 0.15) is 4.60 Å². The van der Waals surface area contributed by atoms with Gasteiger partial charge in [-0.3, -0.25) is 0 Å². The van der Waals surface area contributed by atoms with Crippen LogP contribution in [0.15, 0.2) is 47.5 Å². The highest BCUT2D eigenvalue weighted by atomic mass is 79.9. The second-order valence-electron chi connectivity index (χ2n) is 5.66. The summed E-state index contributed by atoms with van der Waals surface area (Å²) in [5.74, 6) is 0.689. The third-order valence-corrected chi connectivity index (χ3v) is 4.59. The molecule has 0 unspecified atom stereocenters. The first kappa shape index (κ1) is 13.7. The average Bonchev–Trinajstić information content (AvgIpc) is 2.94. The fraction of sp³-hybridized carbons (Fsp3) is 0.250. The van der Waals surface area contributed by atoms with E-state index in [4.69, 9.17) is 0 Å². The molecule has 5 nitrogen and oxygen atoms in total. The summed E-state index contributed by atoms with van der Waals surface area (Å²) in [4.78, 5) is 8.75. The lowest BCUT2D eigenvalue weighted by atomic mass is 9.75. The van der Waals surface area contributed by atoms with Crippen LogP contribution < -0.4 is 5.32 Å². The van der Waals surface area contributed by atoms with Crippen LogP contribution in [0.25, 0.3) is 5.65 Å². The highest BCUT2D eigenvalue weighted by Gasteiger charge is 2.35. The van der Waals surface area contributed by atoms with E-state index in [2.05, 4.69) is 31.2 Å². The molecule has 0 atom stereocenters. The predicted octanol–water partition coefficient (Wildman–Crippen LogP) is 3.61. The Morgan fingerprint density at radius 3 is 2.68 bits per heavy atom. The van der Waals surface area contributed by atoms with Gasteiger partial charge in [0.15, 0.2) is 11.5 Å². The van der Waals surface area contributed by atoms with Crippen molar-refractivity contribution in [3.63, 3.8) is 0 Å². The Morgan fingerprint density at radius 1 is 1.23 bits per heavy atom. The van der Waals surface area contributed by atoms with E-state index in [0.29, 0.717) is 5.82 Å². The Bertz CT molecular complexity index is 824. The summed E-state index contributed by atoms with van der Waals surface area (Å²) < 4.78 is 2.64. The molecule has 1 aliphatic rings. The van der Waals surface area contributed by atoms with Crippen molar-refractivity contribution in [2.45, 2.75) is 24.9 Å². The van der Waals surface area contributed by atoms with Crippen molar-refractivity contribution in [1.29, 1.82) is 0 Å². The van der Waals surface area contributed by atoms with E-state index in [1.165, 1.54) is 0 Å². The van der Waals surface area contributed by atoms with E-state index in [9.17, 15) is 5.11 Å². The number of nitrogens with one attached hydrogen (secondary N) is 1. The standard InChI is InChI=1S/C16H15BrN4O/c17-13-10-21-9-8-18-15(21)14(20-13)19-12-4-2-11(3-5-12)16(22)6-1-7-16/h2-5,8-10,22H,1,6-7H2,(H,19,20). The molecule has 0 saturated heterocycles. The van der Waals surface area contributed by atoms with Gasteiger partial charge in [0.2, 0.25) is 0 Å². The lowest BCUT2D eigenvalue weighted by molar-refractivity contribution is -0.0387. The van der Waals surface area contributed by atoms with Gasteiger partial charge >= 0.3 is 0 Å². The Kier molecular flexibility index (Phi) is 3.16. The molecular weight excluding hydrogens is 344 g/mol. The van der Waals surface area contributed by atoms with E-state index >= 15 is 0 Å². The van der Waals surface area contributed by atoms with Gasteiger partial charge in [0.25, 0.3) is 0 Å². The second-order valence-corrected chi connectivity index (χ2v) is 6.47. The van der Waals surface area contributed by atoms with Crippen molar-refractivity contribution in [2.24, 2.45) is 0 Å². The zero-order valence-corrected chi connectivity index (χ0v) is 13.4. The van der Waals surface area contributed by atoms with Gasteiger partial charge in [0, 0.05) is 24.3 Å². The van der Waals surface area contributed by atoms with Crippen molar-refractivity contribution in [3.05, 3.63) is 53.0 Å². The summed E-state index contributed by atoms with van der Waals surface area (Å²) in [5, 5.41) is 13.6. The molecule has 0 spiro atoms. The number of aliphatic hydroxyl groups is 1. The van der Waals surface area contributed by atoms with Gasteiger partial charge < -0.3 is 14.8 Å². The van der Waals surface area contributed by atoms with Crippen LogP contribution in [-0.4, -0.2) is 19.5 Å². The van der Waals surface area contributed by atoms with Crippen LogP contribution in [0.4, 0.5) is 11.5 Å². The Labute approximate surface area is 136 Å². The monoisotopic (exact) mass is 358 g/mol. The number of hydrogen-bond donors (Lipinski definition) is 2. The third-order valence-electron chi connectivity index (χ3n) is 4.21. The maximum absolute atomic E-state index is 10.4. The van der Waals surface area contributed by atoms with Gasteiger partial charge in [-0.25, -0.2) is 9.97 Å². The van der Waals surface area contributed by atoms with Crippen molar-refractivity contribution in [3.8, 4) is 0 Å². The maximum atomic E-state index is 10.4. The van der Waals surface area contributed by atoms with E-state index in [1.807, 2.05) is 41.1 Å². The summed E-state index contributed by atoms with van der Waals surface area (Å²) in [6, 6.07) is 7.88. The molecule has 22 heavy (non-hydrogen) atoms. The molecule has 1 saturated carbocycles. The molecule has 1 aliphatic carbocycles. The molecule has 3 aromatic rings. The topological polar surface area (TPSA) is 62.5 Å². The molecule has 0 bridgehead atoms. The first-order chi connectivity index (χ1) is 10.6. The van der Waals surface area contributed by atoms with Crippen molar-refractivity contribution in [2.75, 3.05) is 5.32 Å². The first-order valence-electron chi connectivity index (χ1n) is 7.23. The number of hydrogen-bond acceptors (Lipinski definition) is 4. The first-order valence-corrected chi connectivity index (χ1v) is 8.03. The van der Waals surface area contributed by atoms with E-state index < -0.39 is 5.60 Å².